The Morgan fingerprint density at radius 1 is 1.14 bits per heavy atom. The molecule has 2 aromatic carbocycles. The van der Waals surface area contributed by atoms with Crippen LogP contribution < -0.4 is 16.1 Å². The molecule has 0 bridgehead atoms. The fourth-order valence-electron chi connectivity index (χ4n) is 2.07. The summed E-state index contributed by atoms with van der Waals surface area (Å²) in [4.78, 5) is 24.6. The molecular formula is C15H10ClNO4. The van der Waals surface area contributed by atoms with Crippen LogP contribution in [0.1, 0.15) is 0 Å². The standard InChI is InChI=1S/C15H10ClNO4/c1-20-11-5-6-12-13(8-11)21-15(19)17(14(12)18)10-4-2-3-9(16)7-10/h2-8H,1H3. The van der Waals surface area contributed by atoms with Crippen molar-refractivity contribution in [3.8, 4) is 11.4 Å². The van der Waals surface area contributed by atoms with Crippen LogP contribution >= 0.6 is 11.6 Å². The highest BCUT2D eigenvalue weighted by Gasteiger charge is 2.12. The van der Waals surface area contributed by atoms with E-state index in [1.807, 2.05) is 0 Å². The van der Waals surface area contributed by atoms with Crippen LogP contribution in [0.5, 0.6) is 5.75 Å². The van der Waals surface area contributed by atoms with Crippen molar-refractivity contribution in [2.24, 2.45) is 0 Å². The van der Waals surface area contributed by atoms with Gasteiger partial charge in [-0.2, -0.15) is 0 Å². The van der Waals surface area contributed by atoms with Crippen molar-refractivity contribution in [1.29, 1.82) is 0 Å². The van der Waals surface area contributed by atoms with E-state index in [-0.39, 0.29) is 11.0 Å². The number of rotatable bonds is 2. The molecule has 0 atom stereocenters. The molecule has 5 nitrogen and oxygen atoms in total. The summed E-state index contributed by atoms with van der Waals surface area (Å²) in [6.07, 6.45) is 0. The number of hydrogen-bond acceptors (Lipinski definition) is 4. The van der Waals surface area contributed by atoms with Gasteiger partial charge in [-0.1, -0.05) is 17.7 Å². The number of fused-ring (bicyclic) bond motifs is 1. The number of ether oxygens (including phenoxy) is 1. The Balaban J connectivity index is 2.35. The van der Waals surface area contributed by atoms with Crippen LogP contribution in [0.25, 0.3) is 16.7 Å². The molecule has 0 amide bonds. The number of nitrogens with zero attached hydrogens (tertiary/aromatic N) is 1. The van der Waals surface area contributed by atoms with Gasteiger partial charge in [-0.15, -0.1) is 0 Å². The molecule has 0 unspecified atom stereocenters. The van der Waals surface area contributed by atoms with Crippen LogP contribution in [0.4, 0.5) is 0 Å². The third-order valence-electron chi connectivity index (χ3n) is 3.07. The van der Waals surface area contributed by atoms with Gasteiger partial charge in [-0.3, -0.25) is 4.79 Å². The maximum atomic E-state index is 12.5. The molecule has 21 heavy (non-hydrogen) atoms. The van der Waals surface area contributed by atoms with E-state index in [4.69, 9.17) is 20.8 Å². The van der Waals surface area contributed by atoms with Crippen molar-refractivity contribution in [2.45, 2.75) is 0 Å². The van der Waals surface area contributed by atoms with Gasteiger partial charge in [0.2, 0.25) is 0 Å². The molecule has 0 saturated heterocycles. The molecule has 106 valence electrons. The fraction of sp³-hybridized carbons (Fsp3) is 0.0667. The molecule has 0 aliphatic heterocycles. The zero-order valence-corrected chi connectivity index (χ0v) is 11.8. The highest BCUT2D eigenvalue weighted by molar-refractivity contribution is 6.30. The van der Waals surface area contributed by atoms with Crippen molar-refractivity contribution >= 4 is 22.6 Å². The van der Waals surface area contributed by atoms with E-state index in [1.54, 1.807) is 30.3 Å². The van der Waals surface area contributed by atoms with Crippen LogP contribution in [0.15, 0.2) is 56.5 Å². The SMILES string of the molecule is COc1ccc2c(=O)n(-c3cccc(Cl)c3)c(=O)oc2c1. The van der Waals surface area contributed by atoms with Gasteiger partial charge < -0.3 is 9.15 Å². The Kier molecular flexibility index (Phi) is 3.27. The molecule has 0 N–H and O–H groups in total. The van der Waals surface area contributed by atoms with Gasteiger partial charge in [0.15, 0.2) is 0 Å². The first-order chi connectivity index (χ1) is 10.1. The van der Waals surface area contributed by atoms with Gasteiger partial charge in [0, 0.05) is 11.1 Å². The van der Waals surface area contributed by atoms with E-state index in [2.05, 4.69) is 0 Å². The summed E-state index contributed by atoms with van der Waals surface area (Å²) in [6.45, 7) is 0. The van der Waals surface area contributed by atoms with Crippen LogP contribution in [0.3, 0.4) is 0 Å². The number of hydrogen-bond donors (Lipinski definition) is 0. The molecule has 3 rings (SSSR count). The average molecular weight is 304 g/mol. The van der Waals surface area contributed by atoms with E-state index >= 15 is 0 Å². The Morgan fingerprint density at radius 2 is 1.95 bits per heavy atom. The smallest absolute Gasteiger partial charge is 0.426 e. The predicted molar refractivity (Wildman–Crippen MR) is 79.6 cm³/mol. The molecule has 0 fully saturated rings. The second kappa shape index (κ2) is 5.10. The summed E-state index contributed by atoms with van der Waals surface area (Å²) in [5.41, 5.74) is 0.0766. The Bertz CT molecular complexity index is 942. The highest BCUT2D eigenvalue weighted by atomic mass is 35.5. The largest absolute Gasteiger partial charge is 0.497 e. The lowest BCUT2D eigenvalue weighted by atomic mass is 10.2. The maximum absolute atomic E-state index is 12.5. The van der Waals surface area contributed by atoms with E-state index in [0.717, 1.165) is 4.57 Å². The molecule has 6 heteroatoms. The Labute approximate surface area is 124 Å². The summed E-state index contributed by atoms with van der Waals surface area (Å²) >= 11 is 5.89. The third-order valence-corrected chi connectivity index (χ3v) is 3.30. The summed E-state index contributed by atoms with van der Waals surface area (Å²) in [5.74, 6) is -0.270. The lowest BCUT2D eigenvalue weighted by Gasteiger charge is -2.06. The predicted octanol–water partition coefficient (Wildman–Crippen LogP) is 2.61. The second-order valence-electron chi connectivity index (χ2n) is 4.35. The van der Waals surface area contributed by atoms with Crippen molar-refractivity contribution in [2.75, 3.05) is 7.11 Å². The minimum Gasteiger partial charge on any atom is -0.497 e. The minimum atomic E-state index is -0.775. The summed E-state index contributed by atoms with van der Waals surface area (Å²) < 4.78 is 11.2. The minimum absolute atomic E-state index is 0.183. The van der Waals surface area contributed by atoms with Gasteiger partial charge in [0.05, 0.1) is 18.2 Å². The first kappa shape index (κ1) is 13.5. The van der Waals surface area contributed by atoms with Crippen LogP contribution in [0, 0.1) is 0 Å². The van der Waals surface area contributed by atoms with Crippen molar-refractivity contribution < 1.29 is 9.15 Å². The number of benzene rings is 2. The fourth-order valence-corrected chi connectivity index (χ4v) is 2.26. The molecule has 3 aromatic rings. The summed E-state index contributed by atoms with van der Waals surface area (Å²) in [5, 5.41) is 0.712. The maximum Gasteiger partial charge on any atom is 0.426 e. The number of methoxy groups -OCH3 is 1. The van der Waals surface area contributed by atoms with Crippen molar-refractivity contribution in [1.82, 2.24) is 4.57 Å². The molecule has 1 heterocycles. The monoisotopic (exact) mass is 303 g/mol. The van der Waals surface area contributed by atoms with E-state index in [0.29, 0.717) is 16.5 Å². The zero-order chi connectivity index (χ0) is 15.0. The normalized spacial score (nSPS) is 10.8. The number of halogens is 1. The lowest BCUT2D eigenvalue weighted by molar-refractivity contribution is 0.413. The number of aromatic nitrogens is 1. The molecule has 1 aromatic heterocycles. The van der Waals surface area contributed by atoms with Gasteiger partial charge >= 0.3 is 5.76 Å². The van der Waals surface area contributed by atoms with Gasteiger partial charge in [0.25, 0.3) is 5.56 Å². The van der Waals surface area contributed by atoms with Crippen molar-refractivity contribution in [3.05, 3.63) is 68.4 Å². The van der Waals surface area contributed by atoms with E-state index in [9.17, 15) is 9.59 Å². The van der Waals surface area contributed by atoms with Crippen LogP contribution in [0.2, 0.25) is 5.02 Å². The van der Waals surface area contributed by atoms with Crippen LogP contribution in [-0.4, -0.2) is 11.7 Å². The lowest BCUT2D eigenvalue weighted by Crippen LogP contribution is -2.30. The molecule has 0 saturated carbocycles. The molecule has 0 aliphatic rings. The topological polar surface area (TPSA) is 61.4 Å². The van der Waals surface area contributed by atoms with E-state index < -0.39 is 11.3 Å². The van der Waals surface area contributed by atoms with Gasteiger partial charge in [0.1, 0.15) is 11.3 Å². The second-order valence-corrected chi connectivity index (χ2v) is 4.79. The molecule has 0 spiro atoms. The van der Waals surface area contributed by atoms with E-state index in [1.165, 1.54) is 19.2 Å². The van der Waals surface area contributed by atoms with Gasteiger partial charge in [-0.05, 0) is 30.3 Å². The molecular weight excluding hydrogens is 294 g/mol. The zero-order valence-electron chi connectivity index (χ0n) is 11.0. The Hall–Kier alpha value is -2.53. The third kappa shape index (κ3) is 2.32. The van der Waals surface area contributed by atoms with Crippen LogP contribution in [-0.2, 0) is 0 Å². The summed E-state index contributed by atoms with van der Waals surface area (Å²) in [7, 11) is 1.49. The molecule has 0 aliphatic carbocycles. The Morgan fingerprint density at radius 3 is 2.67 bits per heavy atom. The molecule has 0 radical (unpaired) electrons. The first-order valence-corrected chi connectivity index (χ1v) is 6.48. The van der Waals surface area contributed by atoms with Gasteiger partial charge in [-0.25, -0.2) is 9.36 Å². The average Bonchev–Trinajstić information content (AvgIpc) is 2.46. The quantitative estimate of drug-likeness (QED) is 0.730. The van der Waals surface area contributed by atoms with Crippen molar-refractivity contribution in [3.63, 3.8) is 0 Å². The summed E-state index contributed by atoms with van der Waals surface area (Å²) in [6, 6.07) is 11.1. The first-order valence-electron chi connectivity index (χ1n) is 6.10. The highest BCUT2D eigenvalue weighted by Crippen LogP contribution is 2.18.